The van der Waals surface area contributed by atoms with Crippen LogP contribution in [0.15, 0.2) is 47.4 Å². The van der Waals surface area contributed by atoms with Crippen molar-refractivity contribution in [2.45, 2.75) is 95.0 Å². The fourth-order valence-electron chi connectivity index (χ4n) is 8.39. The molecule has 1 amide bonds. The second-order valence-electron chi connectivity index (χ2n) is 14.6. The molecule has 2 atom stereocenters. The number of fused-ring (bicyclic) bond motifs is 4. The number of unbranched alkanes of at least 4 members (excludes halogenated alkanes) is 2. The van der Waals surface area contributed by atoms with Crippen molar-refractivity contribution < 1.29 is 39.9 Å². The predicted molar refractivity (Wildman–Crippen MR) is 185 cm³/mol. The minimum atomic E-state index is -3.69. The van der Waals surface area contributed by atoms with Crippen LogP contribution >= 0.6 is 0 Å². The summed E-state index contributed by atoms with van der Waals surface area (Å²) >= 11 is 0. The van der Waals surface area contributed by atoms with Gasteiger partial charge in [-0.2, -0.15) is 0 Å². The van der Waals surface area contributed by atoms with Crippen LogP contribution in [0.5, 0.6) is 0 Å². The van der Waals surface area contributed by atoms with Gasteiger partial charge in [-0.15, -0.1) is 0 Å². The Hall–Kier alpha value is -2.33. The number of halogens is 1. The largest absolute Gasteiger partial charge is 1.00 e. The van der Waals surface area contributed by atoms with E-state index in [4.69, 9.17) is 4.74 Å². The highest BCUT2D eigenvalue weighted by atomic mass is 35.5. The molecule has 262 valence electrons. The maximum absolute atomic E-state index is 14.1. The molecule has 0 unspecified atom stereocenters. The van der Waals surface area contributed by atoms with Gasteiger partial charge in [0.2, 0.25) is 0 Å². The van der Waals surface area contributed by atoms with Crippen LogP contribution in [0.4, 0.5) is 16.2 Å². The molecule has 3 saturated heterocycles. The number of nitrogens with zero attached hydrogens (tertiary/aromatic N) is 2. The number of amides is 1. The molecule has 47 heavy (non-hydrogen) atoms. The fraction of sp³-hybridized carbons (Fsp3) is 0.649. The molecule has 10 heteroatoms. The molecule has 2 bridgehead atoms. The van der Waals surface area contributed by atoms with Gasteiger partial charge in [0.1, 0.15) is 0 Å². The Morgan fingerprint density at radius 2 is 1.66 bits per heavy atom. The van der Waals surface area contributed by atoms with E-state index < -0.39 is 33.4 Å². The first kappa shape index (κ1) is 37.5. The molecular formula is C37H56ClN3O5S. The highest BCUT2D eigenvalue weighted by Crippen LogP contribution is 2.50. The normalized spacial score (nSPS) is 25.6. The first-order chi connectivity index (χ1) is 22.0. The van der Waals surface area contributed by atoms with E-state index in [0.717, 1.165) is 55.8 Å². The van der Waals surface area contributed by atoms with Crippen molar-refractivity contribution in [2.24, 2.45) is 11.3 Å². The average molecular weight is 690 g/mol. The van der Waals surface area contributed by atoms with E-state index in [9.17, 15) is 18.3 Å². The summed E-state index contributed by atoms with van der Waals surface area (Å²) in [7, 11) is 0.173. The van der Waals surface area contributed by atoms with Gasteiger partial charge in [-0.1, -0.05) is 51.7 Å². The lowest BCUT2D eigenvalue weighted by atomic mass is 9.68. The number of quaternary nitrogens is 1. The highest BCUT2D eigenvalue weighted by Gasteiger charge is 2.49. The molecule has 2 aromatic rings. The van der Waals surface area contributed by atoms with Crippen LogP contribution in [0.3, 0.4) is 0 Å². The smallest absolute Gasteiger partial charge is 0.411 e. The molecule has 8 nitrogen and oxygen atoms in total. The third-order valence-corrected chi connectivity index (χ3v) is 13.2. The number of carbonyl (C=O) groups excluding carboxylic acids is 1. The lowest BCUT2D eigenvalue weighted by molar-refractivity contribution is -0.942. The number of carbonyl (C=O) groups is 1. The van der Waals surface area contributed by atoms with Crippen LogP contribution < -0.4 is 22.6 Å². The Morgan fingerprint density at radius 3 is 2.28 bits per heavy atom. The lowest BCUT2D eigenvalue weighted by Crippen LogP contribution is -3.00. The van der Waals surface area contributed by atoms with E-state index >= 15 is 0 Å². The molecule has 0 saturated carbocycles. The van der Waals surface area contributed by atoms with Crippen LogP contribution in [0, 0.1) is 11.3 Å². The number of piperidine rings is 3. The van der Waals surface area contributed by atoms with Crippen molar-refractivity contribution in [2.75, 3.05) is 62.9 Å². The summed E-state index contributed by atoms with van der Waals surface area (Å²) in [5.74, 6) is 0.270. The average Bonchev–Trinajstić information content (AvgIpc) is 3.12. The highest BCUT2D eigenvalue weighted by molar-refractivity contribution is 7.91. The maximum atomic E-state index is 14.1. The zero-order chi connectivity index (χ0) is 33.0. The summed E-state index contributed by atoms with van der Waals surface area (Å²) < 4.78 is 35.0. The number of sulfone groups is 1. The van der Waals surface area contributed by atoms with Crippen molar-refractivity contribution >= 4 is 27.3 Å². The van der Waals surface area contributed by atoms with Gasteiger partial charge in [-0.05, 0) is 79.5 Å². The van der Waals surface area contributed by atoms with Gasteiger partial charge in [-0.25, -0.2) is 13.2 Å². The van der Waals surface area contributed by atoms with Gasteiger partial charge in [0.15, 0.2) is 9.84 Å². The van der Waals surface area contributed by atoms with Gasteiger partial charge in [-0.3, -0.25) is 5.32 Å². The summed E-state index contributed by atoms with van der Waals surface area (Å²) in [5, 5.41) is 15.4. The van der Waals surface area contributed by atoms with Crippen LogP contribution in [0.1, 0.15) is 95.1 Å². The molecule has 4 heterocycles. The third kappa shape index (κ3) is 8.46. The first-order valence-electron chi connectivity index (χ1n) is 17.6. The topological polar surface area (TPSA) is 95.9 Å². The van der Waals surface area contributed by atoms with Crippen molar-refractivity contribution in [3.8, 4) is 0 Å². The monoisotopic (exact) mass is 689 g/mol. The maximum Gasteiger partial charge on any atom is 0.411 e. The number of ether oxygens (including phenoxy) is 1. The Morgan fingerprint density at radius 1 is 1.00 bits per heavy atom. The first-order valence-corrected chi connectivity index (χ1v) is 19.3. The number of hydrogen-bond acceptors (Lipinski definition) is 6. The second-order valence-corrected chi connectivity index (χ2v) is 16.5. The number of nitrogens with one attached hydrogen (secondary N) is 1. The van der Waals surface area contributed by atoms with Gasteiger partial charge >= 0.3 is 6.09 Å². The number of benzene rings is 2. The van der Waals surface area contributed by atoms with E-state index in [2.05, 4.69) is 19.2 Å². The molecule has 2 N–H and O–H groups in total. The Bertz CT molecular complexity index is 1440. The molecule has 6 rings (SSSR count). The van der Waals surface area contributed by atoms with Crippen LogP contribution in [0.25, 0.3) is 0 Å². The Labute approximate surface area is 289 Å². The zero-order valence-electron chi connectivity index (χ0n) is 28.8. The summed E-state index contributed by atoms with van der Waals surface area (Å²) in [6.07, 6.45) is 8.24. The number of anilines is 2. The number of aliphatic hydroxyl groups is 1. The standard InChI is InChI=1S/C37H55N3O5S.ClH/c1-5-7-18-37(19-8-6-2)27-46(43,44)33-14-13-31(39(3)4)26-32(33)34(35(37)41)29-11-9-12-30(25-29)38-36(42)45-24-10-20-40-21-15-28(16-22-40)17-23-40;/h9,11-14,25-26,28,34-35,41H,5-8,10,15-24,27H2,1-4H3;1H/t28?,34-,35-,40?;/m1./s1. The van der Waals surface area contributed by atoms with Crippen LogP contribution in [-0.2, 0) is 14.6 Å². The van der Waals surface area contributed by atoms with Gasteiger partial charge in [0.25, 0.3) is 0 Å². The SMILES string of the molecule is CCCCC1(CCCC)CS(=O)(=O)c2ccc(N(C)C)cc2[C@@H](c2cccc(NC(=O)OCCC[N+]34CCC(CC3)CC4)c2)[C@H]1O.[Cl-]. The molecule has 4 aliphatic heterocycles. The molecule has 0 aliphatic carbocycles. The molecule has 3 fully saturated rings. The van der Waals surface area contributed by atoms with Crippen molar-refractivity contribution in [3.05, 3.63) is 53.6 Å². The molecule has 0 aromatic heterocycles. The van der Waals surface area contributed by atoms with Crippen molar-refractivity contribution in [3.63, 3.8) is 0 Å². The van der Waals surface area contributed by atoms with Gasteiger partial charge in [0.05, 0.1) is 49.5 Å². The van der Waals surface area contributed by atoms with E-state index in [-0.39, 0.29) is 18.2 Å². The Balaban J connectivity index is 0.00000500. The number of hydrogen-bond donors (Lipinski definition) is 2. The number of rotatable bonds is 13. The predicted octanol–water partition coefficient (Wildman–Crippen LogP) is 3.97. The van der Waals surface area contributed by atoms with Crippen LogP contribution in [0.2, 0.25) is 0 Å². The van der Waals surface area contributed by atoms with Crippen molar-refractivity contribution in [1.29, 1.82) is 0 Å². The summed E-state index contributed by atoms with van der Waals surface area (Å²) in [6, 6.07) is 13.0. The minimum Gasteiger partial charge on any atom is -1.00 e. The third-order valence-electron chi connectivity index (χ3n) is 11.2. The van der Waals surface area contributed by atoms with E-state index in [1.165, 1.54) is 43.4 Å². The van der Waals surface area contributed by atoms with E-state index in [1.54, 1.807) is 6.07 Å². The summed E-state index contributed by atoms with van der Waals surface area (Å²) in [5.41, 5.74) is 2.05. The molecule has 0 radical (unpaired) electrons. The van der Waals surface area contributed by atoms with E-state index in [0.29, 0.717) is 35.6 Å². The quantitative estimate of drug-likeness (QED) is 0.244. The van der Waals surface area contributed by atoms with Gasteiger partial charge < -0.3 is 31.6 Å². The van der Waals surface area contributed by atoms with Crippen molar-refractivity contribution in [1.82, 2.24) is 0 Å². The fourth-order valence-corrected chi connectivity index (χ4v) is 10.6. The van der Waals surface area contributed by atoms with Gasteiger partial charge in [0, 0.05) is 43.2 Å². The zero-order valence-corrected chi connectivity index (χ0v) is 30.4. The molecule has 4 aliphatic rings. The molecular weight excluding hydrogens is 634 g/mol. The summed E-state index contributed by atoms with van der Waals surface area (Å²) in [4.78, 5) is 15.1. The van der Waals surface area contributed by atoms with Crippen LogP contribution in [-0.4, -0.2) is 82.8 Å². The Kier molecular flexibility index (Phi) is 12.7. The lowest BCUT2D eigenvalue weighted by Gasteiger charge is -2.49. The molecule has 0 spiro atoms. The second kappa shape index (κ2) is 15.9. The molecule has 2 aromatic carbocycles. The number of aliphatic hydroxyl groups excluding tert-OH is 1. The minimum absolute atomic E-state index is 0. The van der Waals surface area contributed by atoms with E-state index in [1.807, 2.05) is 55.4 Å². The summed E-state index contributed by atoms with van der Waals surface area (Å²) in [6.45, 7) is 9.43.